The molecule has 2 atom stereocenters. The Morgan fingerprint density at radius 1 is 1.41 bits per heavy atom. The minimum absolute atomic E-state index is 0.0388. The lowest BCUT2D eigenvalue weighted by molar-refractivity contribution is -0.139. The van der Waals surface area contributed by atoms with E-state index in [0.717, 1.165) is 38.8 Å². The summed E-state index contributed by atoms with van der Waals surface area (Å²) in [5.41, 5.74) is 0. The highest BCUT2D eigenvalue weighted by Gasteiger charge is 2.22. The third-order valence-corrected chi connectivity index (χ3v) is 3.67. The summed E-state index contributed by atoms with van der Waals surface area (Å²) in [6.45, 7) is 6.10. The highest BCUT2D eigenvalue weighted by molar-refractivity contribution is 5.47. The fourth-order valence-electron chi connectivity index (χ4n) is 2.43. The number of amides is 1. The summed E-state index contributed by atoms with van der Waals surface area (Å²) >= 11 is 0. The van der Waals surface area contributed by atoms with Crippen molar-refractivity contribution in [2.45, 2.75) is 65.0 Å². The van der Waals surface area contributed by atoms with Crippen molar-refractivity contribution >= 4 is 6.41 Å². The van der Waals surface area contributed by atoms with E-state index in [2.05, 4.69) is 13.8 Å². The highest BCUT2D eigenvalue weighted by atomic mass is 16.5. The van der Waals surface area contributed by atoms with Gasteiger partial charge in [-0.3, -0.25) is 4.79 Å². The summed E-state index contributed by atoms with van der Waals surface area (Å²) in [6.07, 6.45) is 9.21. The van der Waals surface area contributed by atoms with Gasteiger partial charge in [-0.1, -0.05) is 33.1 Å². The maximum absolute atomic E-state index is 11.2. The molecule has 3 heteroatoms. The molecule has 100 valence electrons. The van der Waals surface area contributed by atoms with E-state index in [1.54, 1.807) is 0 Å². The van der Waals surface area contributed by atoms with Gasteiger partial charge < -0.3 is 9.64 Å². The van der Waals surface area contributed by atoms with E-state index in [9.17, 15) is 4.79 Å². The van der Waals surface area contributed by atoms with Crippen LogP contribution in [0.3, 0.4) is 0 Å². The number of carbonyl (C=O) groups is 1. The molecule has 3 nitrogen and oxygen atoms in total. The van der Waals surface area contributed by atoms with Crippen molar-refractivity contribution < 1.29 is 9.53 Å². The first-order valence-corrected chi connectivity index (χ1v) is 7.14. The Kier molecular flexibility index (Phi) is 7.25. The van der Waals surface area contributed by atoms with E-state index in [-0.39, 0.29) is 6.23 Å². The molecule has 0 saturated carbocycles. The fraction of sp³-hybridized carbons (Fsp3) is 0.929. The molecule has 1 rings (SSSR count). The molecule has 0 spiro atoms. The Balaban J connectivity index is 2.39. The normalized spacial score (nSPS) is 22.1. The summed E-state index contributed by atoms with van der Waals surface area (Å²) in [6, 6.07) is 0. The van der Waals surface area contributed by atoms with Crippen LogP contribution in [0.2, 0.25) is 0 Å². The number of rotatable bonds is 8. The van der Waals surface area contributed by atoms with E-state index in [1.807, 2.05) is 4.90 Å². The minimum Gasteiger partial charge on any atom is -0.358 e. The van der Waals surface area contributed by atoms with Crippen molar-refractivity contribution in [2.24, 2.45) is 5.92 Å². The van der Waals surface area contributed by atoms with E-state index in [1.165, 1.54) is 25.7 Å². The van der Waals surface area contributed by atoms with Crippen molar-refractivity contribution in [3.63, 3.8) is 0 Å². The average Bonchev–Trinajstić information content (AvgIpc) is 2.40. The topological polar surface area (TPSA) is 29.5 Å². The summed E-state index contributed by atoms with van der Waals surface area (Å²) in [5.74, 6) is 0.630. The van der Waals surface area contributed by atoms with E-state index < -0.39 is 0 Å². The maximum Gasteiger partial charge on any atom is 0.211 e. The largest absolute Gasteiger partial charge is 0.358 e. The molecule has 1 heterocycles. The van der Waals surface area contributed by atoms with Crippen LogP contribution in [0.5, 0.6) is 0 Å². The van der Waals surface area contributed by atoms with Crippen LogP contribution >= 0.6 is 0 Å². The number of hydrogen-bond donors (Lipinski definition) is 0. The SMILES string of the molecule is CCCCC(CC)CN(C=O)C1CCCCO1. The number of carbonyl (C=O) groups excluding carboxylic acids is 1. The number of unbranched alkanes of at least 4 members (excludes halogenated alkanes) is 1. The van der Waals surface area contributed by atoms with Crippen molar-refractivity contribution in [2.75, 3.05) is 13.2 Å². The summed E-state index contributed by atoms with van der Waals surface area (Å²) in [4.78, 5) is 13.1. The molecule has 0 aromatic carbocycles. The van der Waals surface area contributed by atoms with E-state index >= 15 is 0 Å². The minimum atomic E-state index is 0.0388. The van der Waals surface area contributed by atoms with Crippen LogP contribution in [-0.2, 0) is 9.53 Å². The molecule has 1 amide bonds. The predicted molar refractivity (Wildman–Crippen MR) is 69.7 cm³/mol. The lowest BCUT2D eigenvalue weighted by Crippen LogP contribution is -2.41. The van der Waals surface area contributed by atoms with Crippen molar-refractivity contribution in [1.82, 2.24) is 4.90 Å². The van der Waals surface area contributed by atoms with Gasteiger partial charge in [0.2, 0.25) is 6.41 Å². The Morgan fingerprint density at radius 2 is 2.24 bits per heavy atom. The molecule has 1 aliphatic heterocycles. The number of hydrogen-bond acceptors (Lipinski definition) is 2. The van der Waals surface area contributed by atoms with Crippen LogP contribution in [0.1, 0.15) is 58.8 Å². The van der Waals surface area contributed by atoms with Gasteiger partial charge in [0.05, 0.1) is 0 Å². The monoisotopic (exact) mass is 241 g/mol. The third-order valence-electron chi connectivity index (χ3n) is 3.67. The van der Waals surface area contributed by atoms with Gasteiger partial charge in [0, 0.05) is 13.2 Å². The zero-order chi connectivity index (χ0) is 12.5. The van der Waals surface area contributed by atoms with Crippen molar-refractivity contribution in [3.05, 3.63) is 0 Å². The van der Waals surface area contributed by atoms with Gasteiger partial charge in [0.15, 0.2) is 0 Å². The van der Waals surface area contributed by atoms with Gasteiger partial charge in [-0.05, 0) is 31.6 Å². The van der Waals surface area contributed by atoms with Crippen LogP contribution in [-0.4, -0.2) is 30.7 Å². The average molecular weight is 241 g/mol. The molecule has 0 aromatic heterocycles. The molecule has 1 aliphatic rings. The Labute approximate surface area is 106 Å². The summed E-state index contributed by atoms with van der Waals surface area (Å²) < 4.78 is 5.68. The number of ether oxygens (including phenoxy) is 1. The highest BCUT2D eigenvalue weighted by Crippen LogP contribution is 2.20. The molecule has 1 fully saturated rings. The summed E-state index contributed by atoms with van der Waals surface area (Å²) in [5, 5.41) is 0. The summed E-state index contributed by atoms with van der Waals surface area (Å²) in [7, 11) is 0. The van der Waals surface area contributed by atoms with Crippen LogP contribution in [0.4, 0.5) is 0 Å². The molecular weight excluding hydrogens is 214 g/mol. The maximum atomic E-state index is 11.2. The molecule has 2 unspecified atom stereocenters. The van der Waals surface area contributed by atoms with Crippen molar-refractivity contribution in [1.29, 1.82) is 0 Å². The quantitative estimate of drug-likeness (QED) is 0.611. The lowest BCUT2D eigenvalue weighted by atomic mass is 9.98. The van der Waals surface area contributed by atoms with Gasteiger partial charge in [-0.25, -0.2) is 0 Å². The zero-order valence-electron chi connectivity index (χ0n) is 11.4. The lowest BCUT2D eigenvalue weighted by Gasteiger charge is -2.33. The molecule has 0 bridgehead atoms. The fourth-order valence-corrected chi connectivity index (χ4v) is 2.43. The molecule has 0 N–H and O–H groups in total. The van der Waals surface area contributed by atoms with Crippen molar-refractivity contribution in [3.8, 4) is 0 Å². The Morgan fingerprint density at radius 3 is 2.76 bits per heavy atom. The van der Waals surface area contributed by atoms with E-state index in [4.69, 9.17) is 4.74 Å². The van der Waals surface area contributed by atoms with Crippen LogP contribution in [0.25, 0.3) is 0 Å². The van der Waals surface area contributed by atoms with Crippen LogP contribution in [0.15, 0.2) is 0 Å². The zero-order valence-corrected chi connectivity index (χ0v) is 11.4. The van der Waals surface area contributed by atoms with Gasteiger partial charge in [0.25, 0.3) is 0 Å². The Hall–Kier alpha value is -0.570. The van der Waals surface area contributed by atoms with E-state index in [0.29, 0.717) is 5.92 Å². The van der Waals surface area contributed by atoms with Crippen LogP contribution in [0, 0.1) is 5.92 Å². The molecule has 1 saturated heterocycles. The second kappa shape index (κ2) is 8.51. The van der Waals surface area contributed by atoms with Gasteiger partial charge >= 0.3 is 0 Å². The first-order chi connectivity index (χ1) is 8.31. The second-order valence-electron chi connectivity index (χ2n) is 5.04. The van der Waals surface area contributed by atoms with Crippen LogP contribution < -0.4 is 0 Å². The first kappa shape index (κ1) is 14.5. The molecule has 0 aliphatic carbocycles. The standard InChI is InChI=1S/C14H27NO2/c1-3-5-8-13(4-2)11-15(12-16)14-9-6-7-10-17-14/h12-14H,3-11H2,1-2H3. The molecule has 0 radical (unpaired) electrons. The number of nitrogens with zero attached hydrogens (tertiary/aromatic N) is 1. The third kappa shape index (κ3) is 5.07. The molecule has 0 aromatic rings. The predicted octanol–water partition coefficient (Wildman–Crippen LogP) is 3.19. The first-order valence-electron chi connectivity index (χ1n) is 7.14. The van der Waals surface area contributed by atoms with Gasteiger partial charge in [-0.15, -0.1) is 0 Å². The molecular formula is C14H27NO2. The molecule has 17 heavy (non-hydrogen) atoms. The smallest absolute Gasteiger partial charge is 0.211 e. The Bertz CT molecular complexity index is 202. The second-order valence-corrected chi connectivity index (χ2v) is 5.04. The van der Waals surface area contributed by atoms with Gasteiger partial charge in [0.1, 0.15) is 6.23 Å². The van der Waals surface area contributed by atoms with Gasteiger partial charge in [-0.2, -0.15) is 0 Å².